The second kappa shape index (κ2) is 11.8. The van der Waals surface area contributed by atoms with E-state index in [1.165, 1.54) is 57.8 Å². The van der Waals surface area contributed by atoms with Crippen molar-refractivity contribution >= 4 is 0 Å². The van der Waals surface area contributed by atoms with Crippen LogP contribution in [0.25, 0.3) is 0 Å². The topological polar surface area (TPSA) is 27.1 Å². The van der Waals surface area contributed by atoms with Gasteiger partial charge in [-0.25, -0.2) is 0 Å². The number of unbranched alkanes of at least 4 members (excludes halogenated alkanes) is 9. The molecule has 116 valence electrons. The zero-order valence-electron chi connectivity index (χ0n) is 13.4. The normalized spacial score (nSPS) is 10.9. The number of aromatic nitrogens is 2. The molecule has 0 bridgehead atoms. The smallest absolute Gasteiger partial charge is 0.157 e. The van der Waals surface area contributed by atoms with E-state index in [4.69, 9.17) is 4.74 Å². The fourth-order valence-electron chi connectivity index (χ4n) is 2.37. The summed E-state index contributed by atoms with van der Waals surface area (Å²) in [6.45, 7) is 6.09. The van der Waals surface area contributed by atoms with Gasteiger partial charge in [0.1, 0.15) is 0 Å². The van der Waals surface area contributed by atoms with Crippen LogP contribution >= 0.6 is 0 Å². The summed E-state index contributed by atoms with van der Waals surface area (Å²) in [7, 11) is 0. The molecule has 0 saturated carbocycles. The Balaban J connectivity index is 1.83. The van der Waals surface area contributed by atoms with Crippen molar-refractivity contribution in [2.75, 3.05) is 6.61 Å². The molecule has 1 aromatic rings. The van der Waals surface area contributed by atoms with E-state index in [1.54, 1.807) is 6.20 Å². The highest BCUT2D eigenvalue weighted by atomic mass is 16.5. The Labute approximate surface area is 124 Å². The van der Waals surface area contributed by atoms with Crippen LogP contribution in [0.15, 0.2) is 12.4 Å². The van der Waals surface area contributed by atoms with Gasteiger partial charge in [-0.05, 0) is 13.3 Å². The highest BCUT2D eigenvalue weighted by Crippen LogP contribution is 2.12. The van der Waals surface area contributed by atoms with Crippen LogP contribution in [0.1, 0.15) is 78.1 Å². The van der Waals surface area contributed by atoms with E-state index in [0.29, 0.717) is 0 Å². The van der Waals surface area contributed by atoms with Gasteiger partial charge in [-0.1, -0.05) is 64.7 Å². The molecule has 0 aliphatic heterocycles. The Hall–Kier alpha value is -0.990. The third kappa shape index (κ3) is 8.23. The summed E-state index contributed by atoms with van der Waals surface area (Å²) in [4.78, 5) is 0. The van der Waals surface area contributed by atoms with Crippen LogP contribution < -0.4 is 4.74 Å². The van der Waals surface area contributed by atoms with Crippen molar-refractivity contribution in [3.63, 3.8) is 0 Å². The van der Waals surface area contributed by atoms with Gasteiger partial charge < -0.3 is 4.74 Å². The zero-order valence-corrected chi connectivity index (χ0v) is 13.4. The van der Waals surface area contributed by atoms with E-state index in [1.807, 2.05) is 10.9 Å². The van der Waals surface area contributed by atoms with E-state index in [-0.39, 0.29) is 0 Å². The molecule has 0 aromatic carbocycles. The van der Waals surface area contributed by atoms with Gasteiger partial charge in [0, 0.05) is 6.54 Å². The first-order valence-electron chi connectivity index (χ1n) is 8.52. The molecule has 1 heterocycles. The van der Waals surface area contributed by atoms with Crippen LogP contribution in [0.2, 0.25) is 0 Å². The number of hydrogen-bond donors (Lipinski definition) is 0. The van der Waals surface area contributed by atoms with Gasteiger partial charge in [0.2, 0.25) is 0 Å². The van der Waals surface area contributed by atoms with Crippen LogP contribution in [0.3, 0.4) is 0 Å². The molecule has 0 fully saturated rings. The van der Waals surface area contributed by atoms with Gasteiger partial charge in [0.15, 0.2) is 5.75 Å². The molecule has 0 atom stereocenters. The van der Waals surface area contributed by atoms with Crippen LogP contribution in [0.4, 0.5) is 0 Å². The number of hydrogen-bond acceptors (Lipinski definition) is 2. The summed E-state index contributed by atoms with van der Waals surface area (Å²) < 4.78 is 7.57. The average Bonchev–Trinajstić information content (AvgIpc) is 2.93. The standard InChI is InChI=1S/C17H32N2O/c1-3-5-6-7-8-9-10-11-12-13-14-20-17-15-18-19(4-2)16-17/h15-16H,3-14H2,1-2H3. The van der Waals surface area contributed by atoms with E-state index in [9.17, 15) is 0 Å². The quantitative estimate of drug-likeness (QED) is 0.464. The molecule has 0 radical (unpaired) electrons. The monoisotopic (exact) mass is 280 g/mol. The predicted octanol–water partition coefficient (Wildman–Crippen LogP) is 5.20. The summed E-state index contributed by atoms with van der Waals surface area (Å²) in [5.41, 5.74) is 0. The van der Waals surface area contributed by atoms with Crippen LogP contribution in [-0.4, -0.2) is 16.4 Å². The lowest BCUT2D eigenvalue weighted by atomic mass is 10.1. The third-order valence-electron chi connectivity index (χ3n) is 3.70. The molecule has 20 heavy (non-hydrogen) atoms. The number of ether oxygens (including phenoxy) is 1. The molecule has 0 N–H and O–H groups in total. The molecule has 3 heteroatoms. The van der Waals surface area contributed by atoms with Crippen molar-refractivity contribution in [1.29, 1.82) is 0 Å². The first-order chi connectivity index (χ1) is 9.86. The third-order valence-corrected chi connectivity index (χ3v) is 3.70. The highest BCUT2D eigenvalue weighted by molar-refractivity contribution is 5.11. The summed E-state index contributed by atoms with van der Waals surface area (Å²) in [5, 5.41) is 4.20. The van der Waals surface area contributed by atoms with E-state index < -0.39 is 0 Å². The second-order valence-corrected chi connectivity index (χ2v) is 5.56. The van der Waals surface area contributed by atoms with Gasteiger partial charge in [0.05, 0.1) is 19.0 Å². The van der Waals surface area contributed by atoms with Crippen molar-refractivity contribution in [3.05, 3.63) is 12.4 Å². The zero-order chi connectivity index (χ0) is 14.5. The van der Waals surface area contributed by atoms with Crippen molar-refractivity contribution in [2.24, 2.45) is 0 Å². The van der Waals surface area contributed by atoms with Crippen LogP contribution in [0, 0.1) is 0 Å². The maximum atomic E-state index is 5.68. The Kier molecular flexibility index (Phi) is 10.1. The molecule has 0 saturated heterocycles. The van der Waals surface area contributed by atoms with Gasteiger partial charge in [-0.15, -0.1) is 0 Å². The first-order valence-corrected chi connectivity index (χ1v) is 8.52. The maximum Gasteiger partial charge on any atom is 0.157 e. The average molecular weight is 280 g/mol. The minimum absolute atomic E-state index is 0.825. The molecule has 0 aliphatic carbocycles. The molecule has 3 nitrogen and oxygen atoms in total. The SMILES string of the molecule is CCCCCCCCCCCCOc1cnn(CC)c1. The van der Waals surface area contributed by atoms with Crippen molar-refractivity contribution in [2.45, 2.75) is 84.6 Å². The molecule has 1 rings (SSSR count). The molecule has 0 spiro atoms. The fourth-order valence-corrected chi connectivity index (χ4v) is 2.37. The maximum absolute atomic E-state index is 5.68. The highest BCUT2D eigenvalue weighted by Gasteiger charge is 1.98. The molecular weight excluding hydrogens is 248 g/mol. The predicted molar refractivity (Wildman–Crippen MR) is 85.2 cm³/mol. The van der Waals surface area contributed by atoms with Gasteiger partial charge in [-0.2, -0.15) is 5.10 Å². The van der Waals surface area contributed by atoms with Crippen molar-refractivity contribution < 1.29 is 4.74 Å². The summed E-state index contributed by atoms with van der Waals surface area (Å²) in [5.74, 6) is 0.905. The van der Waals surface area contributed by atoms with E-state index >= 15 is 0 Å². The number of nitrogens with zero attached hydrogens (tertiary/aromatic N) is 2. The molecule has 0 amide bonds. The summed E-state index contributed by atoms with van der Waals surface area (Å²) >= 11 is 0. The lowest BCUT2D eigenvalue weighted by Gasteiger charge is -2.04. The molecule has 0 unspecified atom stereocenters. The lowest BCUT2D eigenvalue weighted by Crippen LogP contribution is -1.97. The Bertz CT molecular complexity index is 323. The minimum atomic E-state index is 0.825. The van der Waals surface area contributed by atoms with Crippen LogP contribution in [-0.2, 0) is 6.54 Å². The number of rotatable bonds is 13. The first kappa shape index (κ1) is 17.1. The van der Waals surface area contributed by atoms with Gasteiger partial charge >= 0.3 is 0 Å². The molecular formula is C17H32N2O. The summed E-state index contributed by atoms with van der Waals surface area (Å²) in [6.07, 6.45) is 17.4. The Morgan fingerprint density at radius 3 is 2.05 bits per heavy atom. The number of aryl methyl sites for hydroxylation is 1. The largest absolute Gasteiger partial charge is 0.490 e. The van der Waals surface area contributed by atoms with E-state index in [2.05, 4.69) is 18.9 Å². The summed E-state index contributed by atoms with van der Waals surface area (Å²) in [6, 6.07) is 0. The fraction of sp³-hybridized carbons (Fsp3) is 0.824. The second-order valence-electron chi connectivity index (χ2n) is 5.56. The van der Waals surface area contributed by atoms with E-state index in [0.717, 1.165) is 25.3 Å². The Morgan fingerprint density at radius 1 is 0.900 bits per heavy atom. The van der Waals surface area contributed by atoms with Gasteiger partial charge in [0.25, 0.3) is 0 Å². The molecule has 1 aromatic heterocycles. The van der Waals surface area contributed by atoms with Crippen molar-refractivity contribution in [3.8, 4) is 5.75 Å². The van der Waals surface area contributed by atoms with Crippen LogP contribution in [0.5, 0.6) is 5.75 Å². The van der Waals surface area contributed by atoms with Gasteiger partial charge in [-0.3, -0.25) is 4.68 Å². The Morgan fingerprint density at radius 2 is 1.50 bits per heavy atom. The molecule has 0 aliphatic rings. The minimum Gasteiger partial charge on any atom is -0.490 e. The van der Waals surface area contributed by atoms with Crippen molar-refractivity contribution in [1.82, 2.24) is 9.78 Å². The lowest BCUT2D eigenvalue weighted by molar-refractivity contribution is 0.304.